The predicted molar refractivity (Wildman–Crippen MR) is 42.9 cm³/mol. The van der Waals surface area contributed by atoms with E-state index < -0.39 is 0 Å². The Hall–Kier alpha value is -1.38. The molecule has 3 heteroatoms. The van der Waals surface area contributed by atoms with E-state index in [4.69, 9.17) is 5.73 Å². The van der Waals surface area contributed by atoms with Crippen molar-refractivity contribution in [3.8, 4) is 0 Å². The standard InChI is InChI=1S/C8H9FN2/c1-11-5-6-7(9)3-2-4-8(6)10/h2-5H,10H2,1H3/p+1. The quantitative estimate of drug-likeness (QED) is 0.416. The second-order valence-corrected chi connectivity index (χ2v) is 2.18. The Morgan fingerprint density at radius 3 is 2.82 bits per heavy atom. The molecule has 1 rings (SSSR count). The minimum Gasteiger partial charge on any atom is -0.398 e. The molecule has 0 atom stereocenters. The van der Waals surface area contributed by atoms with E-state index in [0.717, 1.165) is 0 Å². The van der Waals surface area contributed by atoms with Crippen LogP contribution >= 0.6 is 0 Å². The van der Waals surface area contributed by atoms with Crippen molar-refractivity contribution < 1.29 is 9.38 Å². The summed E-state index contributed by atoms with van der Waals surface area (Å²) < 4.78 is 12.9. The lowest BCUT2D eigenvalue weighted by Gasteiger charge is -1.96. The molecule has 0 radical (unpaired) electrons. The molecule has 1 aromatic carbocycles. The molecule has 3 N–H and O–H groups in total. The van der Waals surface area contributed by atoms with E-state index in [0.29, 0.717) is 11.3 Å². The Morgan fingerprint density at radius 2 is 2.27 bits per heavy atom. The molecule has 0 aliphatic heterocycles. The van der Waals surface area contributed by atoms with Crippen LogP contribution in [0.3, 0.4) is 0 Å². The number of nitrogen functional groups attached to an aromatic ring is 1. The van der Waals surface area contributed by atoms with E-state index in [9.17, 15) is 4.39 Å². The minimum absolute atomic E-state index is 0.306. The lowest BCUT2D eigenvalue weighted by Crippen LogP contribution is -2.63. The Labute approximate surface area is 64.6 Å². The number of nitrogens with two attached hydrogens (primary N) is 1. The third-order valence-corrected chi connectivity index (χ3v) is 1.38. The molecular formula is C8H10FN2+. The number of anilines is 1. The number of rotatable bonds is 1. The van der Waals surface area contributed by atoms with E-state index in [-0.39, 0.29) is 5.82 Å². The first-order chi connectivity index (χ1) is 5.25. The fourth-order valence-corrected chi connectivity index (χ4v) is 0.850. The van der Waals surface area contributed by atoms with Crippen LogP contribution in [0.1, 0.15) is 5.56 Å². The number of hydrogen-bond acceptors (Lipinski definition) is 1. The average molecular weight is 153 g/mol. The fraction of sp³-hybridized carbons (Fsp3) is 0.125. The van der Waals surface area contributed by atoms with E-state index in [1.54, 1.807) is 19.2 Å². The second kappa shape index (κ2) is 3.14. The van der Waals surface area contributed by atoms with Gasteiger partial charge in [0.1, 0.15) is 12.9 Å². The van der Waals surface area contributed by atoms with Crippen LogP contribution < -0.4 is 10.7 Å². The number of nitrogens with one attached hydrogen (secondary N) is 1. The van der Waals surface area contributed by atoms with E-state index in [1.807, 2.05) is 0 Å². The minimum atomic E-state index is -0.306. The van der Waals surface area contributed by atoms with Crippen LogP contribution in [0, 0.1) is 5.82 Å². The molecule has 0 spiro atoms. The van der Waals surface area contributed by atoms with Gasteiger partial charge in [-0.05, 0) is 12.1 Å². The summed E-state index contributed by atoms with van der Waals surface area (Å²) in [6, 6.07) is 4.61. The maximum Gasteiger partial charge on any atom is 0.173 e. The van der Waals surface area contributed by atoms with Gasteiger partial charge in [0.25, 0.3) is 0 Å². The van der Waals surface area contributed by atoms with Gasteiger partial charge in [0.15, 0.2) is 6.21 Å². The number of hydrogen-bond donors (Lipinski definition) is 2. The third-order valence-electron chi connectivity index (χ3n) is 1.38. The zero-order valence-electron chi connectivity index (χ0n) is 6.26. The molecule has 0 aliphatic rings. The second-order valence-electron chi connectivity index (χ2n) is 2.18. The van der Waals surface area contributed by atoms with E-state index in [2.05, 4.69) is 4.99 Å². The zero-order chi connectivity index (χ0) is 8.27. The van der Waals surface area contributed by atoms with Gasteiger partial charge >= 0.3 is 0 Å². The van der Waals surface area contributed by atoms with Gasteiger partial charge in [-0.3, -0.25) is 4.99 Å². The first kappa shape index (κ1) is 7.72. The normalized spacial score (nSPS) is 10.7. The molecular weight excluding hydrogens is 143 g/mol. The number of halogens is 1. The molecule has 0 amide bonds. The first-order valence-corrected chi connectivity index (χ1v) is 3.30. The maximum atomic E-state index is 12.9. The average Bonchev–Trinajstić information content (AvgIpc) is 1.97. The van der Waals surface area contributed by atoms with Gasteiger partial charge in [-0.15, -0.1) is 0 Å². The Bertz CT molecular complexity index is 261. The predicted octanol–water partition coefficient (Wildman–Crippen LogP) is -0.463. The molecule has 0 heterocycles. The van der Waals surface area contributed by atoms with Crippen molar-refractivity contribution in [2.24, 2.45) is 0 Å². The van der Waals surface area contributed by atoms with Crippen molar-refractivity contribution in [2.75, 3.05) is 12.8 Å². The highest BCUT2D eigenvalue weighted by atomic mass is 19.1. The van der Waals surface area contributed by atoms with E-state index in [1.165, 1.54) is 12.3 Å². The largest absolute Gasteiger partial charge is 0.398 e. The molecule has 0 fully saturated rings. The summed E-state index contributed by atoms with van der Waals surface area (Å²) in [7, 11) is 1.70. The highest BCUT2D eigenvalue weighted by Gasteiger charge is 2.03. The highest BCUT2D eigenvalue weighted by Crippen LogP contribution is 2.11. The Kier molecular flexibility index (Phi) is 2.21. The van der Waals surface area contributed by atoms with Gasteiger partial charge in [-0.25, -0.2) is 4.39 Å². The SMILES string of the molecule is C[NH+]=Cc1c(N)cccc1F. The molecule has 0 saturated heterocycles. The van der Waals surface area contributed by atoms with Crippen molar-refractivity contribution >= 4 is 11.9 Å². The first-order valence-electron chi connectivity index (χ1n) is 3.30. The molecule has 2 nitrogen and oxygen atoms in total. The monoisotopic (exact) mass is 153 g/mol. The van der Waals surface area contributed by atoms with Gasteiger partial charge in [-0.2, -0.15) is 0 Å². The van der Waals surface area contributed by atoms with Gasteiger partial charge in [-0.1, -0.05) is 6.07 Å². The summed E-state index contributed by atoms with van der Waals surface area (Å²) in [5.74, 6) is -0.306. The van der Waals surface area contributed by atoms with Crippen LogP contribution in [-0.4, -0.2) is 13.3 Å². The zero-order valence-corrected chi connectivity index (χ0v) is 6.26. The summed E-state index contributed by atoms with van der Waals surface area (Å²) >= 11 is 0. The van der Waals surface area contributed by atoms with Crippen LogP contribution in [0.15, 0.2) is 18.2 Å². The molecule has 0 aromatic heterocycles. The van der Waals surface area contributed by atoms with Crippen molar-refractivity contribution in [2.45, 2.75) is 0 Å². The van der Waals surface area contributed by atoms with Gasteiger partial charge in [0.2, 0.25) is 0 Å². The molecule has 11 heavy (non-hydrogen) atoms. The van der Waals surface area contributed by atoms with Gasteiger partial charge < -0.3 is 5.73 Å². The van der Waals surface area contributed by atoms with Crippen LogP contribution in [0.5, 0.6) is 0 Å². The molecule has 0 unspecified atom stereocenters. The van der Waals surface area contributed by atoms with Gasteiger partial charge in [0, 0.05) is 5.69 Å². The van der Waals surface area contributed by atoms with Crippen molar-refractivity contribution in [3.05, 3.63) is 29.6 Å². The molecule has 0 bridgehead atoms. The summed E-state index contributed by atoms with van der Waals surface area (Å²) in [5, 5.41) is 0. The summed E-state index contributed by atoms with van der Waals surface area (Å²) in [4.78, 5) is 2.72. The van der Waals surface area contributed by atoms with Crippen molar-refractivity contribution in [3.63, 3.8) is 0 Å². The topological polar surface area (TPSA) is 40.0 Å². The lowest BCUT2D eigenvalue weighted by atomic mass is 10.2. The summed E-state index contributed by atoms with van der Waals surface area (Å²) in [6.45, 7) is 0. The summed E-state index contributed by atoms with van der Waals surface area (Å²) in [5.41, 5.74) is 6.35. The number of benzene rings is 1. The smallest absolute Gasteiger partial charge is 0.173 e. The fourth-order valence-electron chi connectivity index (χ4n) is 0.850. The molecule has 58 valence electrons. The maximum absolute atomic E-state index is 12.9. The van der Waals surface area contributed by atoms with Crippen molar-refractivity contribution in [1.82, 2.24) is 0 Å². The molecule has 0 aliphatic carbocycles. The van der Waals surface area contributed by atoms with Crippen molar-refractivity contribution in [1.29, 1.82) is 0 Å². The lowest BCUT2D eigenvalue weighted by molar-refractivity contribution is -0.413. The third kappa shape index (κ3) is 1.55. The van der Waals surface area contributed by atoms with Crippen LogP contribution in [0.2, 0.25) is 0 Å². The Morgan fingerprint density at radius 1 is 1.55 bits per heavy atom. The van der Waals surface area contributed by atoms with Crippen LogP contribution in [-0.2, 0) is 0 Å². The van der Waals surface area contributed by atoms with Crippen LogP contribution in [0.4, 0.5) is 10.1 Å². The molecule has 0 saturated carbocycles. The highest BCUT2D eigenvalue weighted by molar-refractivity contribution is 5.83. The Balaban J connectivity index is 3.20. The summed E-state index contributed by atoms with van der Waals surface area (Å²) in [6.07, 6.45) is 1.53. The van der Waals surface area contributed by atoms with Gasteiger partial charge in [0.05, 0.1) is 5.56 Å². The van der Waals surface area contributed by atoms with E-state index >= 15 is 0 Å². The van der Waals surface area contributed by atoms with Crippen LogP contribution in [0.25, 0.3) is 0 Å². The molecule has 1 aromatic rings.